The summed E-state index contributed by atoms with van der Waals surface area (Å²) in [5.74, 6) is -3.53. The molecule has 0 aliphatic carbocycles. The number of nitrogens with zero attached hydrogens (tertiary/aromatic N) is 2. The number of carbonyl (C=O) groups is 2. The maximum Gasteiger partial charge on any atom is 0.323 e. The Kier molecular flexibility index (Phi) is 5.75. The van der Waals surface area contributed by atoms with Crippen LogP contribution >= 0.6 is 11.6 Å². The standard InChI is InChI=1S/C20H18ClN3O4/c1-2-28-20(27)17(18(22)25)16-15(21)10-23-24(19(16)26)11-13-8-5-7-12-6-3-4-9-14(12)13/h3-10,17H,2,11H2,1H3,(H2,22,25). The van der Waals surface area contributed by atoms with Crippen molar-refractivity contribution in [2.45, 2.75) is 19.4 Å². The summed E-state index contributed by atoms with van der Waals surface area (Å²) in [6.45, 7) is 1.76. The third kappa shape index (κ3) is 3.75. The molecule has 144 valence electrons. The van der Waals surface area contributed by atoms with Crippen molar-refractivity contribution in [1.82, 2.24) is 9.78 Å². The highest BCUT2D eigenvalue weighted by molar-refractivity contribution is 6.32. The van der Waals surface area contributed by atoms with Gasteiger partial charge in [0.05, 0.1) is 29.9 Å². The smallest absolute Gasteiger partial charge is 0.323 e. The van der Waals surface area contributed by atoms with E-state index in [-0.39, 0.29) is 23.7 Å². The van der Waals surface area contributed by atoms with Gasteiger partial charge in [0.2, 0.25) is 5.91 Å². The molecule has 3 aromatic rings. The van der Waals surface area contributed by atoms with E-state index in [0.717, 1.165) is 21.0 Å². The van der Waals surface area contributed by atoms with Gasteiger partial charge in [-0.1, -0.05) is 54.1 Å². The maximum atomic E-state index is 13.0. The first kappa shape index (κ1) is 19.6. The third-order valence-electron chi connectivity index (χ3n) is 4.33. The van der Waals surface area contributed by atoms with E-state index in [4.69, 9.17) is 22.1 Å². The number of fused-ring (bicyclic) bond motifs is 1. The first-order chi connectivity index (χ1) is 13.4. The van der Waals surface area contributed by atoms with Crippen molar-refractivity contribution < 1.29 is 14.3 Å². The van der Waals surface area contributed by atoms with Crippen LogP contribution in [0.3, 0.4) is 0 Å². The van der Waals surface area contributed by atoms with E-state index in [1.54, 1.807) is 6.92 Å². The Balaban J connectivity index is 2.09. The summed E-state index contributed by atoms with van der Waals surface area (Å²) in [4.78, 5) is 37.0. The van der Waals surface area contributed by atoms with Gasteiger partial charge < -0.3 is 10.5 Å². The van der Waals surface area contributed by atoms with Crippen LogP contribution in [0, 0.1) is 0 Å². The second-order valence-electron chi connectivity index (χ2n) is 6.09. The van der Waals surface area contributed by atoms with Crippen molar-refractivity contribution in [3.8, 4) is 0 Å². The van der Waals surface area contributed by atoms with Crippen molar-refractivity contribution >= 4 is 34.2 Å². The number of carbonyl (C=O) groups excluding carboxylic acids is 2. The van der Waals surface area contributed by atoms with Crippen molar-refractivity contribution in [1.29, 1.82) is 0 Å². The molecular formula is C20H18ClN3O4. The largest absolute Gasteiger partial charge is 0.465 e. The lowest BCUT2D eigenvalue weighted by Gasteiger charge is -2.15. The normalized spacial score (nSPS) is 11.9. The Morgan fingerprint density at radius 1 is 1.21 bits per heavy atom. The van der Waals surface area contributed by atoms with Crippen LogP contribution in [0.15, 0.2) is 53.5 Å². The zero-order chi connectivity index (χ0) is 20.3. The maximum absolute atomic E-state index is 13.0. The third-order valence-corrected chi connectivity index (χ3v) is 4.63. The van der Waals surface area contributed by atoms with Gasteiger partial charge in [0.15, 0.2) is 5.92 Å². The van der Waals surface area contributed by atoms with Crippen LogP contribution in [0.4, 0.5) is 0 Å². The Morgan fingerprint density at radius 2 is 1.93 bits per heavy atom. The lowest BCUT2D eigenvalue weighted by molar-refractivity contribution is -0.147. The second kappa shape index (κ2) is 8.22. The van der Waals surface area contributed by atoms with E-state index in [0.29, 0.717) is 0 Å². The molecule has 3 rings (SSSR count). The molecule has 0 saturated heterocycles. The van der Waals surface area contributed by atoms with Gasteiger partial charge >= 0.3 is 5.97 Å². The van der Waals surface area contributed by atoms with Crippen molar-refractivity contribution in [2.75, 3.05) is 6.61 Å². The molecule has 28 heavy (non-hydrogen) atoms. The van der Waals surface area contributed by atoms with Gasteiger partial charge in [-0.25, -0.2) is 4.68 Å². The first-order valence-corrected chi connectivity index (χ1v) is 9.00. The van der Waals surface area contributed by atoms with Crippen molar-refractivity contribution in [3.63, 3.8) is 0 Å². The second-order valence-corrected chi connectivity index (χ2v) is 6.50. The molecule has 2 aromatic carbocycles. The van der Waals surface area contributed by atoms with Gasteiger partial charge in [-0.3, -0.25) is 14.4 Å². The summed E-state index contributed by atoms with van der Waals surface area (Å²) in [7, 11) is 0. The number of esters is 1. The Hall–Kier alpha value is -3.19. The van der Waals surface area contributed by atoms with Crippen LogP contribution < -0.4 is 11.3 Å². The molecule has 1 aromatic heterocycles. The molecule has 2 N–H and O–H groups in total. The summed E-state index contributed by atoms with van der Waals surface area (Å²) in [5.41, 5.74) is 5.30. The minimum atomic E-state index is -1.60. The molecule has 1 atom stereocenters. The van der Waals surface area contributed by atoms with Gasteiger partial charge in [-0.15, -0.1) is 0 Å². The molecule has 0 spiro atoms. The van der Waals surface area contributed by atoms with E-state index < -0.39 is 23.4 Å². The number of benzene rings is 2. The average molecular weight is 400 g/mol. The highest BCUT2D eigenvalue weighted by atomic mass is 35.5. The SMILES string of the molecule is CCOC(=O)C(C(N)=O)c1c(Cl)cnn(Cc2cccc3ccccc23)c1=O. The fraction of sp³-hybridized carbons (Fsp3) is 0.200. The molecule has 0 aliphatic heterocycles. The predicted octanol–water partition coefficient (Wildman–Crippen LogP) is 2.23. The average Bonchev–Trinajstić information content (AvgIpc) is 2.67. The lowest BCUT2D eigenvalue weighted by atomic mass is 10.00. The fourth-order valence-corrected chi connectivity index (χ4v) is 3.28. The van der Waals surface area contributed by atoms with E-state index in [2.05, 4.69) is 5.10 Å². The predicted molar refractivity (Wildman–Crippen MR) is 105 cm³/mol. The van der Waals surface area contributed by atoms with Gasteiger partial charge in [0, 0.05) is 0 Å². The summed E-state index contributed by atoms with van der Waals surface area (Å²) >= 11 is 6.09. The van der Waals surface area contributed by atoms with Crippen LogP contribution in [-0.2, 0) is 20.9 Å². The van der Waals surface area contributed by atoms with E-state index in [9.17, 15) is 14.4 Å². The van der Waals surface area contributed by atoms with Gasteiger partial charge in [-0.2, -0.15) is 5.10 Å². The van der Waals surface area contributed by atoms with Gasteiger partial charge in [0.1, 0.15) is 0 Å². The number of halogens is 1. The zero-order valence-electron chi connectivity index (χ0n) is 15.1. The Labute approximate surface area is 165 Å². The fourth-order valence-electron chi connectivity index (χ4n) is 3.05. The number of amides is 1. The van der Waals surface area contributed by atoms with E-state index in [1.165, 1.54) is 6.20 Å². The summed E-state index contributed by atoms with van der Waals surface area (Å²) in [5, 5.41) is 5.92. The van der Waals surface area contributed by atoms with Crippen molar-refractivity contribution in [3.05, 3.63) is 75.2 Å². The summed E-state index contributed by atoms with van der Waals surface area (Å²) < 4.78 is 6.03. The molecule has 0 bridgehead atoms. The topological polar surface area (TPSA) is 104 Å². The minimum Gasteiger partial charge on any atom is -0.465 e. The quantitative estimate of drug-likeness (QED) is 0.505. The van der Waals surface area contributed by atoms with Gasteiger partial charge in [-0.05, 0) is 23.3 Å². The summed E-state index contributed by atoms with van der Waals surface area (Å²) in [6, 6.07) is 13.5. The number of hydrogen-bond donors (Lipinski definition) is 1. The lowest BCUT2D eigenvalue weighted by Crippen LogP contribution is -2.37. The van der Waals surface area contributed by atoms with Crippen LogP contribution in [0.5, 0.6) is 0 Å². The molecule has 7 nitrogen and oxygen atoms in total. The van der Waals surface area contributed by atoms with Crippen molar-refractivity contribution in [2.24, 2.45) is 5.73 Å². The highest BCUT2D eigenvalue weighted by Crippen LogP contribution is 2.23. The molecule has 1 unspecified atom stereocenters. The molecule has 1 amide bonds. The van der Waals surface area contributed by atoms with Crippen LogP contribution in [-0.4, -0.2) is 28.3 Å². The number of aromatic nitrogens is 2. The van der Waals surface area contributed by atoms with Crippen LogP contribution in [0.2, 0.25) is 5.02 Å². The molecule has 0 radical (unpaired) electrons. The molecule has 1 heterocycles. The van der Waals surface area contributed by atoms with E-state index in [1.807, 2.05) is 42.5 Å². The first-order valence-electron chi connectivity index (χ1n) is 8.62. The molecule has 8 heteroatoms. The van der Waals surface area contributed by atoms with Crippen LogP contribution in [0.25, 0.3) is 10.8 Å². The Bertz CT molecular complexity index is 1100. The molecule has 0 fully saturated rings. The van der Waals surface area contributed by atoms with Gasteiger partial charge in [0.25, 0.3) is 5.56 Å². The Morgan fingerprint density at radius 3 is 2.64 bits per heavy atom. The number of ether oxygens (including phenoxy) is 1. The molecular weight excluding hydrogens is 382 g/mol. The number of primary amides is 1. The van der Waals surface area contributed by atoms with E-state index >= 15 is 0 Å². The summed E-state index contributed by atoms with van der Waals surface area (Å²) in [6.07, 6.45) is 1.22. The highest BCUT2D eigenvalue weighted by Gasteiger charge is 2.33. The monoisotopic (exact) mass is 399 g/mol. The molecule has 0 aliphatic rings. The number of rotatable bonds is 6. The number of nitrogens with two attached hydrogens (primary N) is 1. The van der Waals surface area contributed by atoms with Crippen LogP contribution in [0.1, 0.15) is 24.0 Å². The molecule has 0 saturated carbocycles. The minimum absolute atomic E-state index is 0.0372. The zero-order valence-corrected chi connectivity index (χ0v) is 15.8. The number of hydrogen-bond acceptors (Lipinski definition) is 5.